The molecule has 0 amide bonds. The SMILES string of the molecule is Cc1cnc(C(C)Nc2ccccc2N)o1. The molecule has 0 radical (unpaired) electrons. The second-order valence-electron chi connectivity index (χ2n) is 3.76. The van der Waals surface area contributed by atoms with E-state index in [1.54, 1.807) is 6.20 Å². The maximum Gasteiger partial charge on any atom is 0.216 e. The molecule has 0 bridgehead atoms. The van der Waals surface area contributed by atoms with Crippen molar-refractivity contribution in [2.75, 3.05) is 11.1 Å². The van der Waals surface area contributed by atoms with Crippen molar-refractivity contribution in [2.24, 2.45) is 0 Å². The van der Waals surface area contributed by atoms with Gasteiger partial charge in [0, 0.05) is 0 Å². The average Bonchev–Trinajstić information content (AvgIpc) is 2.68. The molecule has 1 unspecified atom stereocenters. The van der Waals surface area contributed by atoms with Crippen LogP contribution in [-0.4, -0.2) is 4.98 Å². The average molecular weight is 217 g/mol. The molecule has 0 fully saturated rings. The monoisotopic (exact) mass is 217 g/mol. The Balaban J connectivity index is 2.13. The quantitative estimate of drug-likeness (QED) is 0.776. The van der Waals surface area contributed by atoms with Gasteiger partial charge in [0.2, 0.25) is 5.89 Å². The Morgan fingerprint density at radius 1 is 1.38 bits per heavy atom. The number of nitrogens with zero attached hydrogens (tertiary/aromatic N) is 1. The highest BCUT2D eigenvalue weighted by Crippen LogP contribution is 2.23. The van der Waals surface area contributed by atoms with Gasteiger partial charge < -0.3 is 15.5 Å². The zero-order chi connectivity index (χ0) is 11.5. The number of aryl methyl sites for hydroxylation is 1. The molecule has 4 heteroatoms. The van der Waals surface area contributed by atoms with Crippen LogP contribution >= 0.6 is 0 Å². The number of benzene rings is 1. The van der Waals surface area contributed by atoms with Crippen LogP contribution < -0.4 is 11.1 Å². The van der Waals surface area contributed by atoms with Crippen molar-refractivity contribution in [3.63, 3.8) is 0 Å². The molecular formula is C12H15N3O. The fourth-order valence-corrected chi connectivity index (χ4v) is 1.50. The molecular weight excluding hydrogens is 202 g/mol. The van der Waals surface area contributed by atoms with Crippen molar-refractivity contribution in [1.29, 1.82) is 0 Å². The van der Waals surface area contributed by atoms with Crippen LogP contribution in [0.5, 0.6) is 0 Å². The zero-order valence-electron chi connectivity index (χ0n) is 9.40. The van der Waals surface area contributed by atoms with Crippen LogP contribution in [0.2, 0.25) is 0 Å². The van der Waals surface area contributed by atoms with Crippen molar-refractivity contribution in [3.8, 4) is 0 Å². The number of hydrogen-bond donors (Lipinski definition) is 2. The maximum absolute atomic E-state index is 5.84. The molecule has 2 aromatic rings. The van der Waals surface area contributed by atoms with Gasteiger partial charge in [0.05, 0.1) is 17.6 Å². The predicted octanol–water partition coefficient (Wildman–Crippen LogP) is 2.74. The van der Waals surface area contributed by atoms with Crippen LogP contribution in [0.3, 0.4) is 0 Å². The van der Waals surface area contributed by atoms with E-state index in [0.29, 0.717) is 5.89 Å². The van der Waals surface area contributed by atoms with Gasteiger partial charge in [-0.15, -0.1) is 0 Å². The molecule has 16 heavy (non-hydrogen) atoms. The van der Waals surface area contributed by atoms with Crippen LogP contribution in [0.15, 0.2) is 34.9 Å². The molecule has 0 saturated carbocycles. The summed E-state index contributed by atoms with van der Waals surface area (Å²) in [6.45, 7) is 3.86. The Kier molecular flexibility index (Phi) is 2.81. The van der Waals surface area contributed by atoms with E-state index < -0.39 is 0 Å². The second-order valence-corrected chi connectivity index (χ2v) is 3.76. The Hall–Kier alpha value is -1.97. The fraction of sp³-hybridized carbons (Fsp3) is 0.250. The minimum Gasteiger partial charge on any atom is -0.444 e. The first-order chi connectivity index (χ1) is 7.66. The van der Waals surface area contributed by atoms with Gasteiger partial charge in [-0.25, -0.2) is 4.98 Å². The third-order valence-corrected chi connectivity index (χ3v) is 2.34. The molecule has 3 N–H and O–H groups in total. The van der Waals surface area contributed by atoms with E-state index in [-0.39, 0.29) is 6.04 Å². The highest BCUT2D eigenvalue weighted by Gasteiger charge is 2.11. The first-order valence-corrected chi connectivity index (χ1v) is 5.20. The second kappa shape index (κ2) is 4.26. The number of hydrogen-bond acceptors (Lipinski definition) is 4. The van der Waals surface area contributed by atoms with Gasteiger partial charge in [-0.3, -0.25) is 0 Å². The molecule has 0 aliphatic rings. The van der Waals surface area contributed by atoms with Crippen LogP contribution in [-0.2, 0) is 0 Å². The summed E-state index contributed by atoms with van der Waals surface area (Å²) in [6.07, 6.45) is 1.71. The normalized spacial score (nSPS) is 12.4. The van der Waals surface area contributed by atoms with E-state index >= 15 is 0 Å². The number of nitrogens with one attached hydrogen (secondary N) is 1. The van der Waals surface area contributed by atoms with Crippen LogP contribution in [0.1, 0.15) is 24.6 Å². The summed E-state index contributed by atoms with van der Waals surface area (Å²) in [4.78, 5) is 4.17. The lowest BCUT2D eigenvalue weighted by molar-refractivity contribution is 0.454. The minimum absolute atomic E-state index is 0.00148. The Labute approximate surface area is 94.5 Å². The molecule has 0 aliphatic carbocycles. The van der Waals surface area contributed by atoms with E-state index in [1.165, 1.54) is 0 Å². The van der Waals surface area contributed by atoms with E-state index in [2.05, 4.69) is 10.3 Å². The molecule has 1 aromatic carbocycles. The standard InChI is InChI=1S/C12H15N3O/c1-8-7-14-12(16-8)9(2)15-11-6-4-3-5-10(11)13/h3-7,9,15H,13H2,1-2H3. The summed E-state index contributed by atoms with van der Waals surface area (Å²) in [5, 5.41) is 3.26. The van der Waals surface area contributed by atoms with Gasteiger partial charge in [0.1, 0.15) is 11.8 Å². The highest BCUT2D eigenvalue weighted by atomic mass is 16.4. The lowest BCUT2D eigenvalue weighted by atomic mass is 10.2. The molecule has 0 spiro atoms. The third-order valence-electron chi connectivity index (χ3n) is 2.34. The van der Waals surface area contributed by atoms with Crippen molar-refractivity contribution in [2.45, 2.75) is 19.9 Å². The third kappa shape index (κ3) is 2.16. The van der Waals surface area contributed by atoms with Crippen molar-refractivity contribution < 1.29 is 4.42 Å². The first-order valence-electron chi connectivity index (χ1n) is 5.20. The number of para-hydroxylation sites is 2. The van der Waals surface area contributed by atoms with Crippen molar-refractivity contribution in [3.05, 3.63) is 42.1 Å². The smallest absolute Gasteiger partial charge is 0.216 e. The highest BCUT2D eigenvalue weighted by molar-refractivity contribution is 5.65. The zero-order valence-corrected chi connectivity index (χ0v) is 9.40. The van der Waals surface area contributed by atoms with Crippen molar-refractivity contribution >= 4 is 11.4 Å². The van der Waals surface area contributed by atoms with Gasteiger partial charge in [0.15, 0.2) is 0 Å². The summed E-state index contributed by atoms with van der Waals surface area (Å²) in [7, 11) is 0. The minimum atomic E-state index is -0.00148. The molecule has 2 rings (SSSR count). The Morgan fingerprint density at radius 3 is 2.75 bits per heavy atom. The van der Waals surface area contributed by atoms with Crippen LogP contribution in [0, 0.1) is 6.92 Å². The number of anilines is 2. The van der Waals surface area contributed by atoms with Crippen molar-refractivity contribution in [1.82, 2.24) is 4.98 Å². The van der Waals surface area contributed by atoms with E-state index in [9.17, 15) is 0 Å². The summed E-state index contributed by atoms with van der Waals surface area (Å²) in [5.74, 6) is 1.48. The van der Waals surface area contributed by atoms with E-state index in [4.69, 9.17) is 10.2 Å². The number of nitrogens with two attached hydrogens (primary N) is 1. The van der Waals surface area contributed by atoms with Gasteiger partial charge in [-0.1, -0.05) is 12.1 Å². The Bertz CT molecular complexity index is 479. The van der Waals surface area contributed by atoms with Gasteiger partial charge in [0.25, 0.3) is 0 Å². The summed E-state index contributed by atoms with van der Waals surface area (Å²) in [5.41, 5.74) is 7.45. The molecule has 1 heterocycles. The lowest BCUT2D eigenvalue weighted by Gasteiger charge is -2.13. The predicted molar refractivity (Wildman–Crippen MR) is 64.1 cm³/mol. The molecule has 1 atom stereocenters. The summed E-state index contributed by atoms with van der Waals surface area (Å²) in [6, 6.07) is 7.63. The number of rotatable bonds is 3. The topological polar surface area (TPSA) is 64.1 Å². The Morgan fingerprint density at radius 2 is 2.12 bits per heavy atom. The molecule has 4 nitrogen and oxygen atoms in total. The molecule has 1 aromatic heterocycles. The maximum atomic E-state index is 5.84. The molecule has 0 saturated heterocycles. The first kappa shape index (κ1) is 10.5. The summed E-state index contributed by atoms with van der Waals surface area (Å²) < 4.78 is 5.44. The van der Waals surface area contributed by atoms with Gasteiger partial charge in [-0.2, -0.15) is 0 Å². The van der Waals surface area contributed by atoms with E-state index in [0.717, 1.165) is 17.1 Å². The lowest BCUT2D eigenvalue weighted by Crippen LogP contribution is -2.08. The largest absolute Gasteiger partial charge is 0.444 e. The van der Waals surface area contributed by atoms with E-state index in [1.807, 2.05) is 38.1 Å². The van der Waals surface area contributed by atoms with Gasteiger partial charge >= 0.3 is 0 Å². The molecule has 0 aliphatic heterocycles. The van der Waals surface area contributed by atoms with Gasteiger partial charge in [-0.05, 0) is 26.0 Å². The summed E-state index contributed by atoms with van der Waals surface area (Å²) >= 11 is 0. The van der Waals surface area contributed by atoms with Crippen LogP contribution in [0.4, 0.5) is 11.4 Å². The van der Waals surface area contributed by atoms with Crippen LogP contribution in [0.25, 0.3) is 0 Å². The number of aromatic nitrogens is 1. The fourth-order valence-electron chi connectivity index (χ4n) is 1.50. The number of nitrogen functional groups attached to an aromatic ring is 1. The number of oxazole rings is 1. The molecule has 84 valence electrons.